The van der Waals surface area contributed by atoms with Crippen molar-refractivity contribution in [1.82, 2.24) is 0 Å². The van der Waals surface area contributed by atoms with Gasteiger partial charge in [-0.05, 0) is 171 Å². The van der Waals surface area contributed by atoms with E-state index in [4.69, 9.17) is 37.9 Å². The van der Waals surface area contributed by atoms with E-state index in [1.54, 1.807) is 56.9 Å². The van der Waals surface area contributed by atoms with E-state index < -0.39 is 0 Å². The summed E-state index contributed by atoms with van der Waals surface area (Å²) in [6.45, 7) is 0. The highest BCUT2D eigenvalue weighted by atomic mass is 16.5. The summed E-state index contributed by atoms with van der Waals surface area (Å²) in [4.78, 5) is 0. The number of hydrogen-bond acceptors (Lipinski definition) is 8. The third-order valence-corrected chi connectivity index (χ3v) is 12.7. The SMILES string of the molecule is COc1cc(OC)cc(-c2ccc3c(c2)c2cc(-c4cc(OC)cc(OC)c4)ccc2c2c4ccc(-c5cc(OC)cc(OC)c5)cc4c4cc(-c5cc(OC)cc(OC)c5)ccc4c32)c1. The van der Waals surface area contributed by atoms with Crippen molar-refractivity contribution < 1.29 is 37.9 Å². The molecule has 10 aromatic rings. The molecule has 0 saturated heterocycles. The molecule has 8 heteroatoms. The molecule has 328 valence electrons. The molecule has 0 spiro atoms. The summed E-state index contributed by atoms with van der Waals surface area (Å²) in [7, 11) is 13.4. The minimum atomic E-state index is 0.718. The van der Waals surface area contributed by atoms with Gasteiger partial charge in [0, 0.05) is 24.3 Å². The van der Waals surface area contributed by atoms with Gasteiger partial charge in [0.15, 0.2) is 0 Å². The number of rotatable bonds is 12. The maximum Gasteiger partial charge on any atom is 0.123 e. The predicted octanol–water partition coefficient (Wildman–Crippen LogP) is 14.2. The molecule has 66 heavy (non-hydrogen) atoms. The maximum atomic E-state index is 5.73. The lowest BCUT2D eigenvalue weighted by molar-refractivity contribution is 0.394. The Morgan fingerprint density at radius 1 is 0.182 bits per heavy atom. The van der Waals surface area contributed by atoms with Crippen LogP contribution in [-0.4, -0.2) is 56.9 Å². The molecule has 0 N–H and O–H groups in total. The fourth-order valence-electron chi connectivity index (χ4n) is 9.38. The van der Waals surface area contributed by atoms with Crippen LogP contribution < -0.4 is 37.9 Å². The molecule has 0 bridgehead atoms. The predicted molar refractivity (Wildman–Crippen MR) is 268 cm³/mol. The Kier molecular flexibility index (Phi) is 10.9. The summed E-state index contributed by atoms with van der Waals surface area (Å²) in [5, 5.41) is 11.3. The Bertz CT molecular complexity index is 2990. The van der Waals surface area contributed by atoms with Crippen LogP contribution in [0, 0.1) is 0 Å². The first-order chi connectivity index (χ1) is 32.3. The van der Waals surface area contributed by atoms with Gasteiger partial charge in [-0.1, -0.05) is 48.5 Å². The summed E-state index contributed by atoms with van der Waals surface area (Å²) in [5.41, 5.74) is 8.07. The van der Waals surface area contributed by atoms with Crippen LogP contribution in [0.25, 0.3) is 98.4 Å². The second-order valence-electron chi connectivity index (χ2n) is 16.2. The monoisotopic (exact) mass is 872 g/mol. The number of fused-ring (bicyclic) bond motifs is 11. The zero-order valence-corrected chi connectivity index (χ0v) is 38.1. The van der Waals surface area contributed by atoms with Gasteiger partial charge in [-0.15, -0.1) is 0 Å². The molecular weight excluding hydrogens is 825 g/mol. The summed E-state index contributed by atoms with van der Waals surface area (Å²) in [6.07, 6.45) is 0. The molecule has 0 radical (unpaired) electrons. The molecule has 8 nitrogen and oxygen atoms in total. The van der Waals surface area contributed by atoms with Crippen molar-refractivity contribution in [1.29, 1.82) is 0 Å². The van der Waals surface area contributed by atoms with Crippen LogP contribution >= 0.6 is 0 Å². The molecule has 0 aromatic heterocycles. The van der Waals surface area contributed by atoms with E-state index in [9.17, 15) is 0 Å². The molecule has 0 fully saturated rings. The molecule has 0 amide bonds. The molecule has 0 unspecified atom stereocenters. The molecule has 0 aliphatic carbocycles. The first kappa shape index (κ1) is 41.9. The van der Waals surface area contributed by atoms with Crippen LogP contribution in [0.4, 0.5) is 0 Å². The van der Waals surface area contributed by atoms with Crippen LogP contribution in [0.15, 0.2) is 146 Å². The van der Waals surface area contributed by atoms with E-state index in [1.165, 1.54) is 0 Å². The summed E-state index contributed by atoms with van der Waals surface area (Å²) in [5.74, 6) is 5.75. The van der Waals surface area contributed by atoms with E-state index >= 15 is 0 Å². The minimum absolute atomic E-state index is 0.718. The third kappa shape index (κ3) is 7.30. The molecule has 0 saturated carbocycles. The lowest BCUT2D eigenvalue weighted by atomic mass is 9.84. The van der Waals surface area contributed by atoms with Crippen molar-refractivity contribution in [2.75, 3.05) is 56.9 Å². The fourth-order valence-corrected chi connectivity index (χ4v) is 9.38. The summed E-state index contributed by atoms with van der Waals surface area (Å²) < 4.78 is 45.8. The highest BCUT2D eigenvalue weighted by Crippen LogP contribution is 2.48. The largest absolute Gasteiger partial charge is 0.497 e. The Morgan fingerprint density at radius 3 is 0.530 bits per heavy atom. The number of ether oxygens (including phenoxy) is 8. The van der Waals surface area contributed by atoms with Gasteiger partial charge in [0.2, 0.25) is 0 Å². The highest BCUT2D eigenvalue weighted by Gasteiger charge is 2.20. The maximum absolute atomic E-state index is 5.73. The molecule has 0 atom stereocenters. The van der Waals surface area contributed by atoms with Gasteiger partial charge in [0.25, 0.3) is 0 Å². The molecule has 0 aliphatic heterocycles. The van der Waals surface area contributed by atoms with Gasteiger partial charge in [-0.2, -0.15) is 0 Å². The van der Waals surface area contributed by atoms with Crippen LogP contribution in [0.5, 0.6) is 46.0 Å². The van der Waals surface area contributed by atoms with E-state index in [1.807, 2.05) is 72.8 Å². The average molecular weight is 873 g/mol. The second kappa shape index (κ2) is 17.1. The number of methoxy groups -OCH3 is 8. The van der Waals surface area contributed by atoms with Gasteiger partial charge >= 0.3 is 0 Å². The summed E-state index contributed by atoms with van der Waals surface area (Å²) in [6, 6.07) is 51.0. The van der Waals surface area contributed by atoms with Crippen molar-refractivity contribution in [2.45, 2.75) is 0 Å². The van der Waals surface area contributed by atoms with Crippen molar-refractivity contribution in [3.05, 3.63) is 146 Å². The van der Waals surface area contributed by atoms with Crippen LogP contribution in [0.1, 0.15) is 0 Å². The van der Waals surface area contributed by atoms with E-state index in [0.717, 1.165) is 144 Å². The molecular formula is C58H48O8. The van der Waals surface area contributed by atoms with Crippen LogP contribution in [0.2, 0.25) is 0 Å². The van der Waals surface area contributed by atoms with E-state index in [2.05, 4.69) is 72.8 Å². The smallest absolute Gasteiger partial charge is 0.123 e. The molecule has 0 aliphatic rings. The molecule has 10 aromatic carbocycles. The van der Waals surface area contributed by atoms with Crippen molar-refractivity contribution >= 4 is 53.9 Å². The highest BCUT2D eigenvalue weighted by molar-refractivity contribution is 6.40. The number of benzene rings is 10. The lowest BCUT2D eigenvalue weighted by Crippen LogP contribution is -1.93. The van der Waals surface area contributed by atoms with Gasteiger partial charge in [0.05, 0.1) is 56.9 Å². The second-order valence-corrected chi connectivity index (χ2v) is 16.2. The van der Waals surface area contributed by atoms with Crippen molar-refractivity contribution in [2.24, 2.45) is 0 Å². The Morgan fingerprint density at radius 2 is 0.364 bits per heavy atom. The standard InChI is InChI=1S/C58H48O8/c1-59-41-17-37(18-42(29-41)60-2)33-9-13-49-53(25-33)54-26-34(38-19-43(61-3)30-44(20-38)62-4)10-14-50(54)58-52-16-12-36(40-23-47(65-7)32-48(24-40)66-8)28-56(52)55-27-35(11-15-51(55)57(49)58)39-21-45(63-5)31-46(22-39)64-6/h9-32H,1-8H3. The van der Waals surface area contributed by atoms with Gasteiger partial charge in [0.1, 0.15) is 46.0 Å². The molecule has 10 rings (SSSR count). The van der Waals surface area contributed by atoms with Crippen molar-refractivity contribution in [3.8, 4) is 90.5 Å². The van der Waals surface area contributed by atoms with Gasteiger partial charge in [-0.25, -0.2) is 0 Å². The fraction of sp³-hybridized carbons (Fsp3) is 0.138. The Balaban J connectivity index is 1.35. The minimum Gasteiger partial charge on any atom is -0.497 e. The van der Waals surface area contributed by atoms with Gasteiger partial charge in [-0.3, -0.25) is 0 Å². The average Bonchev–Trinajstić information content (AvgIpc) is 3.39. The van der Waals surface area contributed by atoms with Gasteiger partial charge < -0.3 is 37.9 Å². The topological polar surface area (TPSA) is 73.8 Å². The molecule has 0 heterocycles. The first-order valence-electron chi connectivity index (χ1n) is 21.5. The normalized spacial score (nSPS) is 11.3. The van der Waals surface area contributed by atoms with Crippen LogP contribution in [0.3, 0.4) is 0 Å². The quantitative estimate of drug-likeness (QED) is 0.112. The zero-order valence-electron chi connectivity index (χ0n) is 38.1. The first-order valence-corrected chi connectivity index (χ1v) is 21.5. The van der Waals surface area contributed by atoms with E-state index in [0.29, 0.717) is 0 Å². The number of hydrogen-bond donors (Lipinski definition) is 0. The zero-order chi connectivity index (χ0) is 45.6. The van der Waals surface area contributed by atoms with Crippen molar-refractivity contribution in [3.63, 3.8) is 0 Å². The van der Waals surface area contributed by atoms with E-state index in [-0.39, 0.29) is 0 Å². The Hall–Kier alpha value is -8.10. The third-order valence-electron chi connectivity index (χ3n) is 12.7. The summed E-state index contributed by atoms with van der Waals surface area (Å²) >= 11 is 0. The lowest BCUT2D eigenvalue weighted by Gasteiger charge is -2.19. The Labute approximate surface area is 383 Å². The van der Waals surface area contributed by atoms with Crippen LogP contribution in [-0.2, 0) is 0 Å².